The van der Waals surface area contributed by atoms with Crippen molar-refractivity contribution >= 4 is 16.8 Å². The highest BCUT2D eigenvalue weighted by Gasteiger charge is 2.02. The molecule has 0 unspecified atom stereocenters. The predicted molar refractivity (Wildman–Crippen MR) is 51.7 cm³/mol. The van der Waals surface area contributed by atoms with Gasteiger partial charge in [0, 0.05) is 17.8 Å². The Kier molecular flexibility index (Phi) is 2.18. The third kappa shape index (κ3) is 1.74. The van der Waals surface area contributed by atoms with Gasteiger partial charge in [-0.25, -0.2) is 15.0 Å². The Morgan fingerprint density at radius 1 is 1.43 bits per heavy atom. The van der Waals surface area contributed by atoms with Crippen LogP contribution >= 0.6 is 0 Å². The van der Waals surface area contributed by atoms with Crippen molar-refractivity contribution in [1.29, 1.82) is 0 Å². The Bertz CT molecular complexity index is 482. The molecule has 0 aliphatic heterocycles. The molecule has 0 aliphatic carbocycles. The summed E-state index contributed by atoms with van der Waals surface area (Å²) in [5, 5.41) is 0.889. The summed E-state index contributed by atoms with van der Waals surface area (Å²) in [6, 6.07) is 3.72. The average molecular weight is 187 g/mol. The second kappa shape index (κ2) is 3.49. The SMILES string of the molecule is CC(=O)Cc1ncc2cccnc2n1. The van der Waals surface area contributed by atoms with E-state index in [1.807, 2.05) is 12.1 Å². The molecule has 4 nitrogen and oxygen atoms in total. The van der Waals surface area contributed by atoms with Gasteiger partial charge in [0.05, 0.1) is 6.42 Å². The van der Waals surface area contributed by atoms with Crippen LogP contribution in [0.15, 0.2) is 24.5 Å². The molecule has 0 aliphatic rings. The van der Waals surface area contributed by atoms with Crippen LogP contribution in [0.2, 0.25) is 0 Å². The van der Waals surface area contributed by atoms with E-state index in [1.54, 1.807) is 12.4 Å². The molecule has 0 atom stereocenters. The van der Waals surface area contributed by atoms with E-state index < -0.39 is 0 Å². The van der Waals surface area contributed by atoms with Crippen molar-refractivity contribution in [2.45, 2.75) is 13.3 Å². The standard InChI is InChI=1S/C10H9N3O/c1-7(14)5-9-12-6-8-3-2-4-11-10(8)13-9/h2-4,6H,5H2,1H3. The number of ketones is 1. The van der Waals surface area contributed by atoms with Gasteiger partial charge in [0.2, 0.25) is 0 Å². The van der Waals surface area contributed by atoms with Gasteiger partial charge in [0.25, 0.3) is 0 Å². The van der Waals surface area contributed by atoms with Gasteiger partial charge in [-0.05, 0) is 19.1 Å². The van der Waals surface area contributed by atoms with Gasteiger partial charge in [0.1, 0.15) is 11.6 Å². The topological polar surface area (TPSA) is 55.7 Å². The minimum Gasteiger partial charge on any atom is -0.300 e. The Labute approximate surface area is 81.0 Å². The molecule has 0 saturated heterocycles. The highest BCUT2D eigenvalue weighted by atomic mass is 16.1. The molecule has 2 aromatic rings. The van der Waals surface area contributed by atoms with Crippen LogP contribution in [0.5, 0.6) is 0 Å². The lowest BCUT2D eigenvalue weighted by molar-refractivity contribution is -0.116. The van der Waals surface area contributed by atoms with Crippen LogP contribution in [-0.4, -0.2) is 20.7 Å². The summed E-state index contributed by atoms with van der Waals surface area (Å²) >= 11 is 0. The molecule has 0 aromatic carbocycles. The van der Waals surface area contributed by atoms with Crippen LogP contribution in [0.25, 0.3) is 11.0 Å². The van der Waals surface area contributed by atoms with Gasteiger partial charge in [-0.1, -0.05) is 0 Å². The van der Waals surface area contributed by atoms with E-state index >= 15 is 0 Å². The molecule has 0 bridgehead atoms. The number of aromatic nitrogens is 3. The predicted octanol–water partition coefficient (Wildman–Crippen LogP) is 1.16. The minimum atomic E-state index is 0.0558. The number of fused-ring (bicyclic) bond motifs is 1. The molecular weight excluding hydrogens is 178 g/mol. The molecule has 2 heterocycles. The fourth-order valence-electron chi connectivity index (χ4n) is 1.21. The Hall–Kier alpha value is -1.84. The molecule has 0 radical (unpaired) electrons. The Morgan fingerprint density at radius 3 is 3.07 bits per heavy atom. The van der Waals surface area contributed by atoms with Gasteiger partial charge in [-0.15, -0.1) is 0 Å². The van der Waals surface area contributed by atoms with Gasteiger partial charge in [-0.3, -0.25) is 4.79 Å². The second-order valence-electron chi connectivity index (χ2n) is 3.08. The summed E-state index contributed by atoms with van der Waals surface area (Å²) in [6.45, 7) is 1.52. The maximum atomic E-state index is 10.8. The van der Waals surface area contributed by atoms with Crippen molar-refractivity contribution in [2.75, 3.05) is 0 Å². The number of hydrogen-bond donors (Lipinski definition) is 0. The normalized spacial score (nSPS) is 10.4. The summed E-state index contributed by atoms with van der Waals surface area (Å²) in [5.41, 5.74) is 0.638. The zero-order chi connectivity index (χ0) is 9.97. The van der Waals surface area contributed by atoms with E-state index in [0.29, 0.717) is 11.5 Å². The summed E-state index contributed by atoms with van der Waals surface area (Å²) in [4.78, 5) is 23.2. The molecule has 70 valence electrons. The summed E-state index contributed by atoms with van der Waals surface area (Å²) < 4.78 is 0. The zero-order valence-electron chi connectivity index (χ0n) is 7.77. The fraction of sp³-hybridized carbons (Fsp3) is 0.200. The maximum Gasteiger partial charge on any atom is 0.162 e. The number of carbonyl (C=O) groups is 1. The molecule has 0 amide bonds. The van der Waals surface area contributed by atoms with Crippen molar-refractivity contribution in [2.24, 2.45) is 0 Å². The van der Waals surface area contributed by atoms with Crippen LogP contribution in [-0.2, 0) is 11.2 Å². The monoisotopic (exact) mass is 187 g/mol. The summed E-state index contributed by atoms with van der Waals surface area (Å²) in [7, 11) is 0. The minimum absolute atomic E-state index is 0.0558. The highest BCUT2D eigenvalue weighted by Crippen LogP contribution is 2.06. The Morgan fingerprint density at radius 2 is 2.29 bits per heavy atom. The molecule has 0 spiro atoms. The van der Waals surface area contributed by atoms with Gasteiger partial charge < -0.3 is 0 Å². The maximum absolute atomic E-state index is 10.8. The molecule has 4 heteroatoms. The quantitative estimate of drug-likeness (QED) is 0.707. The molecule has 14 heavy (non-hydrogen) atoms. The summed E-state index contributed by atoms with van der Waals surface area (Å²) in [5.74, 6) is 0.587. The third-order valence-electron chi connectivity index (χ3n) is 1.81. The van der Waals surface area contributed by atoms with E-state index in [2.05, 4.69) is 15.0 Å². The largest absolute Gasteiger partial charge is 0.300 e. The number of nitrogens with zero attached hydrogens (tertiary/aromatic N) is 3. The number of rotatable bonds is 2. The van der Waals surface area contributed by atoms with E-state index in [-0.39, 0.29) is 12.2 Å². The molecule has 0 saturated carbocycles. The molecular formula is C10H9N3O. The Balaban J connectivity index is 2.46. The van der Waals surface area contributed by atoms with Crippen molar-refractivity contribution < 1.29 is 4.79 Å². The van der Waals surface area contributed by atoms with Crippen LogP contribution in [0.1, 0.15) is 12.7 Å². The van der Waals surface area contributed by atoms with Crippen molar-refractivity contribution in [3.05, 3.63) is 30.4 Å². The molecule has 2 aromatic heterocycles. The lowest BCUT2D eigenvalue weighted by atomic mass is 10.3. The van der Waals surface area contributed by atoms with E-state index in [9.17, 15) is 4.79 Å². The smallest absolute Gasteiger partial charge is 0.162 e. The van der Waals surface area contributed by atoms with Crippen molar-refractivity contribution in [3.8, 4) is 0 Å². The fourth-order valence-corrected chi connectivity index (χ4v) is 1.21. The third-order valence-corrected chi connectivity index (χ3v) is 1.81. The van der Waals surface area contributed by atoms with Crippen LogP contribution in [0.3, 0.4) is 0 Å². The van der Waals surface area contributed by atoms with E-state index in [0.717, 1.165) is 5.39 Å². The average Bonchev–Trinajstić information content (AvgIpc) is 2.17. The molecule has 0 fully saturated rings. The summed E-state index contributed by atoms with van der Waals surface area (Å²) in [6.07, 6.45) is 3.63. The molecule has 0 N–H and O–H groups in total. The van der Waals surface area contributed by atoms with Crippen LogP contribution in [0, 0.1) is 0 Å². The first kappa shape index (κ1) is 8.74. The first-order chi connectivity index (χ1) is 6.75. The number of pyridine rings is 1. The van der Waals surface area contributed by atoms with Crippen molar-refractivity contribution in [3.63, 3.8) is 0 Å². The van der Waals surface area contributed by atoms with E-state index in [4.69, 9.17) is 0 Å². The first-order valence-corrected chi connectivity index (χ1v) is 4.32. The second-order valence-corrected chi connectivity index (χ2v) is 3.08. The lowest BCUT2D eigenvalue weighted by Gasteiger charge is -1.98. The van der Waals surface area contributed by atoms with Gasteiger partial charge in [-0.2, -0.15) is 0 Å². The zero-order valence-corrected chi connectivity index (χ0v) is 7.77. The first-order valence-electron chi connectivity index (χ1n) is 4.32. The number of Topliss-reactive ketones (excluding diaryl/α,β-unsaturated/α-hetero) is 1. The van der Waals surface area contributed by atoms with Crippen molar-refractivity contribution in [1.82, 2.24) is 15.0 Å². The van der Waals surface area contributed by atoms with E-state index in [1.165, 1.54) is 6.92 Å². The lowest BCUT2D eigenvalue weighted by Crippen LogP contribution is -2.02. The molecule has 2 rings (SSSR count). The number of hydrogen-bond acceptors (Lipinski definition) is 4. The number of carbonyl (C=O) groups excluding carboxylic acids is 1. The van der Waals surface area contributed by atoms with Gasteiger partial charge >= 0.3 is 0 Å². The van der Waals surface area contributed by atoms with Crippen LogP contribution < -0.4 is 0 Å². The van der Waals surface area contributed by atoms with Gasteiger partial charge in [0.15, 0.2) is 5.65 Å². The van der Waals surface area contributed by atoms with Crippen LogP contribution in [0.4, 0.5) is 0 Å². The highest BCUT2D eigenvalue weighted by molar-refractivity contribution is 5.78.